The zero-order valence-electron chi connectivity index (χ0n) is 42.1. The summed E-state index contributed by atoms with van der Waals surface area (Å²) in [6.07, 6.45) is 4.93. The molecule has 6 aliphatic rings. The van der Waals surface area contributed by atoms with E-state index < -0.39 is 129 Å². The molecule has 1 amide bonds. The molecule has 4 aliphatic heterocycles. The molecule has 0 unspecified atom stereocenters. The third-order valence-corrected chi connectivity index (χ3v) is 14.9. The summed E-state index contributed by atoms with van der Waals surface area (Å²) in [5.41, 5.74) is 3.23. The molecule has 1 aromatic heterocycles. The third kappa shape index (κ3) is 9.37. The van der Waals surface area contributed by atoms with Crippen molar-refractivity contribution in [1.29, 1.82) is 0 Å². The number of piperazine rings is 1. The number of pyridine rings is 1. The molecule has 1 saturated heterocycles. The fourth-order valence-corrected chi connectivity index (χ4v) is 10.3. The van der Waals surface area contributed by atoms with Crippen LogP contribution in [0.25, 0.3) is 10.9 Å². The number of methoxy groups -OCH3 is 1. The molecule has 74 heavy (non-hydrogen) atoms. The molecule has 7 N–H and O–H groups in total. The number of allylic oxidation sites excluding steroid dienone is 4. The Morgan fingerprint density at radius 1 is 0.919 bits per heavy atom. The van der Waals surface area contributed by atoms with E-state index in [0.717, 1.165) is 25.2 Å². The van der Waals surface area contributed by atoms with Gasteiger partial charge in [-0.25, -0.2) is 9.18 Å². The van der Waals surface area contributed by atoms with Crippen molar-refractivity contribution in [3.63, 3.8) is 0 Å². The highest BCUT2D eigenvalue weighted by Gasteiger charge is 2.53. The lowest BCUT2D eigenvalue weighted by atomic mass is 9.81. The molecule has 2 aromatic carbocycles. The number of aromatic nitrogens is 1. The maximum Gasteiger partial charge on any atom is 0.341 e. The van der Waals surface area contributed by atoms with Crippen LogP contribution in [0.2, 0.25) is 0 Å². The molecule has 2 aliphatic carbocycles. The van der Waals surface area contributed by atoms with Crippen LogP contribution in [-0.2, 0) is 23.8 Å². The first-order valence-corrected chi connectivity index (χ1v) is 24.3. The number of carboxylic acid groups (broad SMARTS) is 1. The second-order valence-electron chi connectivity index (χ2n) is 19.8. The Kier molecular flexibility index (Phi) is 14.5. The molecule has 1 saturated carbocycles. The van der Waals surface area contributed by atoms with Gasteiger partial charge in [0.2, 0.25) is 17.0 Å². The Labute approximate surface area is 424 Å². The number of phenolic OH excluding ortho intramolecular Hbond substituents is 1. The molecule has 9 rings (SSSR count). The number of aromatic hydroxyl groups is 1. The maximum atomic E-state index is 16.1. The second kappa shape index (κ2) is 20.3. The largest absolute Gasteiger partial charge is 0.507 e. The van der Waals surface area contributed by atoms with Crippen LogP contribution in [0.15, 0.2) is 70.7 Å². The lowest BCUT2D eigenvalue weighted by Crippen LogP contribution is -2.53. The average molecular weight is 1030 g/mol. The molecule has 0 spiro atoms. The number of anilines is 1. The minimum absolute atomic E-state index is 0.0230. The molecule has 20 nitrogen and oxygen atoms in total. The molecule has 3 aromatic rings. The minimum atomic E-state index is -2.20. The Hall–Kier alpha value is -7.20. The van der Waals surface area contributed by atoms with Gasteiger partial charge in [-0.3, -0.25) is 28.8 Å². The van der Waals surface area contributed by atoms with Crippen LogP contribution < -0.4 is 26.1 Å². The third-order valence-electron chi connectivity index (χ3n) is 14.9. The Balaban J connectivity index is 1.20. The van der Waals surface area contributed by atoms with E-state index in [1.807, 2.05) is 0 Å². The average Bonchev–Trinajstić information content (AvgIpc) is 4.18. The van der Waals surface area contributed by atoms with Gasteiger partial charge in [0.25, 0.3) is 11.7 Å². The number of aliphatic hydroxyl groups is 2. The van der Waals surface area contributed by atoms with Crippen molar-refractivity contribution >= 4 is 51.8 Å². The number of carbonyl (C=O) groups is 6. The van der Waals surface area contributed by atoms with E-state index in [2.05, 4.69) is 5.32 Å². The van der Waals surface area contributed by atoms with E-state index in [4.69, 9.17) is 24.7 Å². The Morgan fingerprint density at radius 3 is 2.20 bits per heavy atom. The van der Waals surface area contributed by atoms with Crippen LogP contribution in [0.1, 0.15) is 107 Å². The summed E-state index contributed by atoms with van der Waals surface area (Å²) in [5.74, 6) is -12.0. The summed E-state index contributed by atoms with van der Waals surface area (Å²) >= 11 is 0. The van der Waals surface area contributed by atoms with E-state index in [0.29, 0.717) is 5.52 Å². The van der Waals surface area contributed by atoms with Crippen molar-refractivity contribution in [1.82, 2.24) is 14.8 Å². The fourth-order valence-electron chi connectivity index (χ4n) is 10.3. The number of hydrogen-bond acceptors (Lipinski definition) is 17. The summed E-state index contributed by atoms with van der Waals surface area (Å²) in [4.78, 5) is 99.8. The van der Waals surface area contributed by atoms with E-state index in [-0.39, 0.29) is 71.4 Å². The predicted molar refractivity (Wildman–Crippen MR) is 264 cm³/mol. The normalized spacial score (nSPS) is 29.6. The molecular weight excluding hydrogens is 966 g/mol. The molecule has 5 heterocycles. The van der Waals surface area contributed by atoms with Crippen LogP contribution in [0.4, 0.5) is 10.1 Å². The van der Waals surface area contributed by atoms with Crippen molar-refractivity contribution in [3.8, 4) is 11.5 Å². The quantitative estimate of drug-likeness (QED) is 0.191. The number of aromatic carboxylic acids is 1. The molecule has 9 atom stereocenters. The van der Waals surface area contributed by atoms with Gasteiger partial charge >= 0.3 is 17.7 Å². The first-order valence-electron chi connectivity index (χ1n) is 24.3. The van der Waals surface area contributed by atoms with Gasteiger partial charge in [0.05, 0.1) is 58.5 Å². The number of benzene rings is 2. The van der Waals surface area contributed by atoms with Gasteiger partial charge in [-0.1, -0.05) is 39.0 Å². The van der Waals surface area contributed by atoms with Crippen molar-refractivity contribution in [2.75, 3.05) is 38.2 Å². The van der Waals surface area contributed by atoms with Crippen LogP contribution in [0, 0.1) is 30.5 Å². The number of halogens is 1. The van der Waals surface area contributed by atoms with Crippen molar-refractivity contribution in [3.05, 3.63) is 110 Å². The summed E-state index contributed by atoms with van der Waals surface area (Å²) in [6.45, 7) is 10.1. The molecule has 0 radical (unpaired) electrons. The molecule has 21 heteroatoms. The number of carboxylic acids is 1. The maximum absolute atomic E-state index is 16.1. The van der Waals surface area contributed by atoms with Gasteiger partial charge in [0.15, 0.2) is 0 Å². The first-order chi connectivity index (χ1) is 34.9. The number of aliphatic hydroxyl groups excluding tert-OH is 2. The number of phenols is 1. The van der Waals surface area contributed by atoms with Crippen molar-refractivity contribution in [2.24, 2.45) is 23.5 Å². The number of nitrogens with two attached hydrogens (primary N) is 1. The van der Waals surface area contributed by atoms with Gasteiger partial charge in [-0.05, 0) is 44.9 Å². The summed E-state index contributed by atoms with van der Waals surface area (Å²) in [6, 6.07) is 1.16. The number of rotatable bonds is 6. The van der Waals surface area contributed by atoms with E-state index >= 15 is 9.18 Å². The van der Waals surface area contributed by atoms with Crippen molar-refractivity contribution in [2.45, 2.75) is 104 Å². The molecule has 394 valence electrons. The summed E-state index contributed by atoms with van der Waals surface area (Å²) in [7, 11) is 1.37. The minimum Gasteiger partial charge on any atom is -0.507 e. The number of fused-ring (bicyclic) bond motifs is 15. The van der Waals surface area contributed by atoms with E-state index in [1.54, 1.807) is 30.2 Å². The Bertz CT molecular complexity index is 3080. The number of esters is 1. The lowest BCUT2D eigenvalue weighted by Gasteiger charge is -2.40. The van der Waals surface area contributed by atoms with Gasteiger partial charge in [0.1, 0.15) is 40.4 Å². The second-order valence-corrected chi connectivity index (χ2v) is 19.8. The van der Waals surface area contributed by atoms with Gasteiger partial charge in [-0.2, -0.15) is 0 Å². The number of nitrogens with zero attached hydrogens (tertiary/aromatic N) is 3. The Morgan fingerprint density at radius 2 is 1.58 bits per heavy atom. The van der Waals surface area contributed by atoms with Gasteiger partial charge in [-0.15, -0.1) is 0 Å². The van der Waals surface area contributed by atoms with Crippen LogP contribution in [-0.4, -0.2) is 135 Å². The van der Waals surface area contributed by atoms with Crippen molar-refractivity contribution < 1.29 is 72.5 Å². The number of hydrogen-bond donors (Lipinski definition) is 6. The fraction of sp³-hybridized carbons (Fsp3) is 0.453. The highest BCUT2D eigenvalue weighted by Crippen LogP contribution is 2.49. The monoisotopic (exact) mass is 1030 g/mol. The highest BCUT2D eigenvalue weighted by molar-refractivity contribution is 6.32. The van der Waals surface area contributed by atoms with Gasteiger partial charge < -0.3 is 64.8 Å². The van der Waals surface area contributed by atoms with E-state index in [1.165, 1.54) is 76.3 Å². The number of amides is 1. The molecular formula is C53H60FN5O15. The zero-order valence-corrected chi connectivity index (χ0v) is 42.1. The summed E-state index contributed by atoms with van der Waals surface area (Å²) < 4.78 is 41.3. The first kappa shape index (κ1) is 53.1. The molecule has 5 bridgehead atoms. The zero-order chi connectivity index (χ0) is 54.0. The standard InChI is InChI=1S/C53H60FN5O15/c1-23-10-9-11-24(2)51(68)56-40-41(58-17-15-57(16-18-58)34-21-33-30(20-32(34)54)45(64)31(52(69)70)22-59(33)29-12-13-29)47(66)36-37(46(40)65)43(62)26(4)49-38(36)50(67)53(7,74-49)72-19-14-35(71-8)25(3)48(73-28(6)60)27(5)44(63)39(55)42(23)61/h9-11,14,19-23,25,27,29,35,39,42,44,48,61-63H,12-13,15-18,55H2,1-8H3,(H,56,68)(H,69,70)/b10-9+,19-14+,24-11-/t23-,25+,27+,35-,39+,42-,44-,48+,53-/m0/s1. The van der Waals surface area contributed by atoms with Crippen LogP contribution in [0.5, 0.6) is 11.5 Å². The SMILES string of the molecule is CO[C@H]1/C=C/O[C@@]2(C)Oc3c(C)c(O)c4c(c3C2=O)C(=O)C(N2CCN(c3cc5c(cc3F)c(=O)c(C(=O)O)cn5C3CC3)CC2)=C(NC(=O)/C(C)=C\C=C\[C@H](C)[C@H](O)[C@@H](N)[C@@H](O)[C@@H](C)[C@H](OC(C)=O)[C@@H]1C)C4=O. The predicted octanol–water partition coefficient (Wildman–Crippen LogP) is 3.96. The molecule has 2 fully saturated rings. The van der Waals surface area contributed by atoms with Crippen LogP contribution >= 0.6 is 0 Å². The number of ketones is 3. The van der Waals surface area contributed by atoms with Crippen LogP contribution in [0.3, 0.4) is 0 Å². The summed E-state index contributed by atoms with van der Waals surface area (Å²) in [5, 5.41) is 46.8. The number of ether oxygens (including phenoxy) is 4. The topological polar surface area (TPSA) is 287 Å². The van der Waals surface area contributed by atoms with Gasteiger partial charge in [0, 0.05) is 93.7 Å². The highest BCUT2D eigenvalue weighted by atomic mass is 19.1. The van der Waals surface area contributed by atoms with E-state index in [9.17, 15) is 49.2 Å². The number of Topliss-reactive ketones (excluding diaryl/α,β-unsaturated/α-hetero) is 3. The number of nitrogens with one attached hydrogen (secondary N) is 1. The lowest BCUT2D eigenvalue weighted by molar-refractivity contribution is -0.159. The smallest absolute Gasteiger partial charge is 0.341 e. The number of carbonyl (C=O) groups excluding carboxylic acids is 5.